The summed E-state index contributed by atoms with van der Waals surface area (Å²) in [6, 6.07) is 18.8. The summed E-state index contributed by atoms with van der Waals surface area (Å²) in [6.45, 7) is 0.496. The molecule has 2 fully saturated rings. The number of rotatable bonds is 2. The molecule has 1 atom stereocenters. The van der Waals surface area contributed by atoms with Gasteiger partial charge in [-0.15, -0.1) is 0 Å². The molecule has 0 saturated carbocycles. The Bertz CT molecular complexity index is 1360. The fourth-order valence-electron chi connectivity index (χ4n) is 6.14. The number of imide groups is 2. The van der Waals surface area contributed by atoms with Crippen molar-refractivity contribution < 1.29 is 27.6 Å². The van der Waals surface area contributed by atoms with E-state index < -0.39 is 41.0 Å². The van der Waals surface area contributed by atoms with Gasteiger partial charge in [-0.05, 0) is 73.7 Å². The van der Waals surface area contributed by atoms with Crippen LogP contribution in [0.2, 0.25) is 0 Å². The Balaban J connectivity index is 1.59. The first-order valence-electron chi connectivity index (χ1n) is 12.5. The molecule has 3 aromatic rings. The number of para-hydroxylation sites is 2. The van der Waals surface area contributed by atoms with Crippen molar-refractivity contribution in [2.45, 2.75) is 37.9 Å². The summed E-state index contributed by atoms with van der Waals surface area (Å²) < 4.78 is 41.1. The maximum absolute atomic E-state index is 14.5. The number of nitrogens with zero attached hydrogens (tertiary/aromatic N) is 3. The quantitative estimate of drug-likeness (QED) is 0.401. The van der Waals surface area contributed by atoms with E-state index in [2.05, 4.69) is 0 Å². The molecule has 3 heterocycles. The average molecular weight is 520 g/mol. The minimum atomic E-state index is -4.58. The monoisotopic (exact) mass is 519 g/mol. The number of amides is 4. The molecular weight excluding hydrogens is 495 g/mol. The highest BCUT2D eigenvalue weighted by Gasteiger charge is 2.65. The molecule has 6 rings (SSSR count). The van der Waals surface area contributed by atoms with Crippen LogP contribution in [-0.2, 0) is 22.2 Å². The smallest absolute Gasteiger partial charge is 0.367 e. The molecule has 3 aliphatic heterocycles. The van der Waals surface area contributed by atoms with Crippen molar-refractivity contribution in [3.8, 4) is 0 Å². The lowest BCUT2D eigenvalue weighted by Crippen LogP contribution is -2.73. The molecule has 0 radical (unpaired) electrons. The fourth-order valence-corrected chi connectivity index (χ4v) is 6.14. The van der Waals surface area contributed by atoms with Crippen LogP contribution in [0.1, 0.15) is 30.4 Å². The van der Waals surface area contributed by atoms with Gasteiger partial charge in [0.25, 0.3) is 11.8 Å². The van der Waals surface area contributed by atoms with E-state index in [0.29, 0.717) is 30.0 Å². The molecule has 194 valence electrons. The molecule has 2 saturated heterocycles. The Kier molecular flexibility index (Phi) is 5.55. The number of halogens is 3. The van der Waals surface area contributed by atoms with E-state index in [1.807, 2.05) is 4.90 Å². The molecule has 0 aliphatic carbocycles. The summed E-state index contributed by atoms with van der Waals surface area (Å²) in [5.74, 6) is -1.41. The van der Waals surface area contributed by atoms with Gasteiger partial charge in [0, 0.05) is 12.2 Å². The summed E-state index contributed by atoms with van der Waals surface area (Å²) in [4.78, 5) is 46.7. The normalized spacial score (nSPS) is 21.0. The number of carbonyl (C=O) groups is 3. The van der Waals surface area contributed by atoms with Crippen molar-refractivity contribution in [1.82, 2.24) is 0 Å². The summed E-state index contributed by atoms with van der Waals surface area (Å²) in [7, 11) is 0. The zero-order valence-corrected chi connectivity index (χ0v) is 20.3. The molecule has 1 spiro atoms. The summed E-state index contributed by atoms with van der Waals surface area (Å²) in [5, 5.41) is 0. The van der Waals surface area contributed by atoms with Gasteiger partial charge in [-0.25, -0.2) is 14.6 Å². The third kappa shape index (κ3) is 3.52. The van der Waals surface area contributed by atoms with Crippen LogP contribution >= 0.6 is 0 Å². The SMILES string of the molecule is O=C1N(c2ccccc2)C(=O)C2(Cc3cc(C(F)(F)F)ccc3N3CCCC[C@H]32)C(=O)N1c1ccccc1. The maximum atomic E-state index is 14.5. The van der Waals surface area contributed by atoms with Crippen LogP contribution in [-0.4, -0.2) is 30.4 Å². The molecule has 4 amide bonds. The lowest BCUT2D eigenvalue weighted by Gasteiger charge is -2.55. The average Bonchev–Trinajstić information content (AvgIpc) is 2.92. The minimum absolute atomic E-state index is 0.231. The molecule has 9 heteroatoms. The fraction of sp³-hybridized carbons (Fsp3) is 0.276. The number of hydrogen-bond acceptors (Lipinski definition) is 4. The van der Waals surface area contributed by atoms with E-state index in [9.17, 15) is 27.6 Å². The van der Waals surface area contributed by atoms with Crippen LogP contribution in [0.4, 0.5) is 35.0 Å². The number of urea groups is 1. The Hall–Kier alpha value is -4.14. The lowest BCUT2D eigenvalue weighted by molar-refractivity contribution is -0.143. The maximum Gasteiger partial charge on any atom is 0.416 e. The molecule has 0 bridgehead atoms. The predicted molar refractivity (Wildman–Crippen MR) is 136 cm³/mol. The number of alkyl halides is 3. The zero-order valence-electron chi connectivity index (χ0n) is 20.3. The third-order valence-corrected chi connectivity index (χ3v) is 7.84. The van der Waals surface area contributed by atoms with E-state index in [0.717, 1.165) is 34.8 Å². The lowest BCUT2D eigenvalue weighted by atomic mass is 9.65. The molecule has 0 unspecified atom stereocenters. The van der Waals surface area contributed by atoms with Crippen molar-refractivity contribution in [3.63, 3.8) is 0 Å². The molecular formula is C29H24F3N3O3. The van der Waals surface area contributed by atoms with Crippen LogP contribution in [0.15, 0.2) is 78.9 Å². The Morgan fingerprint density at radius 2 is 1.34 bits per heavy atom. The Morgan fingerprint density at radius 1 is 0.763 bits per heavy atom. The van der Waals surface area contributed by atoms with Crippen LogP contribution in [0.5, 0.6) is 0 Å². The van der Waals surface area contributed by atoms with Crippen LogP contribution in [0, 0.1) is 5.41 Å². The second-order valence-corrected chi connectivity index (χ2v) is 9.93. The number of fused-ring (bicyclic) bond motifs is 4. The van der Waals surface area contributed by atoms with Crippen molar-refractivity contribution in [2.24, 2.45) is 5.41 Å². The largest absolute Gasteiger partial charge is 0.416 e. The predicted octanol–water partition coefficient (Wildman–Crippen LogP) is 5.81. The van der Waals surface area contributed by atoms with Crippen molar-refractivity contribution in [2.75, 3.05) is 21.2 Å². The van der Waals surface area contributed by atoms with Crippen LogP contribution < -0.4 is 14.7 Å². The van der Waals surface area contributed by atoms with E-state index in [1.165, 1.54) is 6.07 Å². The number of carbonyl (C=O) groups excluding carboxylic acids is 3. The van der Waals surface area contributed by atoms with E-state index in [-0.39, 0.29) is 12.0 Å². The van der Waals surface area contributed by atoms with E-state index in [4.69, 9.17) is 0 Å². The first-order chi connectivity index (χ1) is 18.2. The van der Waals surface area contributed by atoms with Crippen molar-refractivity contribution >= 4 is 34.9 Å². The van der Waals surface area contributed by atoms with Gasteiger partial charge in [0.15, 0.2) is 5.41 Å². The van der Waals surface area contributed by atoms with Crippen molar-refractivity contribution in [3.05, 3.63) is 90.0 Å². The second kappa shape index (κ2) is 8.72. The van der Waals surface area contributed by atoms with Crippen molar-refractivity contribution in [1.29, 1.82) is 0 Å². The first kappa shape index (κ1) is 24.2. The standard InChI is InChI=1S/C29H24F3N3O3/c30-29(31,32)20-14-15-23-19(17-20)18-28(24-13-7-8-16-33(23)24)25(36)34(21-9-3-1-4-10-21)27(38)35(26(28)37)22-11-5-2-6-12-22/h1-6,9-12,14-15,17,24H,7-8,13,16,18H2/t24-/m0/s1. The molecule has 0 N–H and O–H groups in total. The minimum Gasteiger partial charge on any atom is -0.367 e. The van der Waals surface area contributed by atoms with Gasteiger partial charge in [0.05, 0.1) is 23.0 Å². The highest BCUT2D eigenvalue weighted by atomic mass is 19.4. The topological polar surface area (TPSA) is 60.9 Å². The number of barbiturate groups is 1. The zero-order chi connectivity index (χ0) is 26.7. The third-order valence-electron chi connectivity index (χ3n) is 7.84. The van der Waals surface area contributed by atoms with E-state index in [1.54, 1.807) is 60.7 Å². The molecule has 38 heavy (non-hydrogen) atoms. The van der Waals surface area contributed by atoms with E-state index >= 15 is 0 Å². The van der Waals surface area contributed by atoms with Gasteiger partial charge in [0.2, 0.25) is 0 Å². The summed E-state index contributed by atoms with van der Waals surface area (Å²) >= 11 is 0. The summed E-state index contributed by atoms with van der Waals surface area (Å²) in [5.41, 5.74) is -1.15. The first-order valence-corrected chi connectivity index (χ1v) is 12.5. The molecule has 3 aliphatic rings. The molecule has 3 aromatic carbocycles. The number of anilines is 3. The summed E-state index contributed by atoms with van der Waals surface area (Å²) in [6.07, 6.45) is -2.78. The van der Waals surface area contributed by atoms with Crippen LogP contribution in [0.3, 0.4) is 0 Å². The van der Waals surface area contributed by atoms with Gasteiger partial charge >= 0.3 is 12.2 Å². The number of piperidine rings is 1. The second-order valence-electron chi connectivity index (χ2n) is 9.93. The highest BCUT2D eigenvalue weighted by Crippen LogP contribution is 2.51. The van der Waals surface area contributed by atoms with Gasteiger partial charge < -0.3 is 4.90 Å². The van der Waals surface area contributed by atoms with Gasteiger partial charge in [-0.3, -0.25) is 9.59 Å². The van der Waals surface area contributed by atoms with Gasteiger partial charge in [-0.2, -0.15) is 13.2 Å². The van der Waals surface area contributed by atoms with Crippen LogP contribution in [0.25, 0.3) is 0 Å². The number of hydrogen-bond donors (Lipinski definition) is 0. The molecule has 0 aromatic heterocycles. The number of benzene rings is 3. The van der Waals surface area contributed by atoms with Gasteiger partial charge in [-0.1, -0.05) is 36.4 Å². The Labute approximate surface area is 217 Å². The molecule has 6 nitrogen and oxygen atoms in total. The Morgan fingerprint density at radius 3 is 1.89 bits per heavy atom. The van der Waals surface area contributed by atoms with Gasteiger partial charge in [0.1, 0.15) is 0 Å². The highest BCUT2D eigenvalue weighted by molar-refractivity contribution is 6.39.